The number of Topliss-reactive ketones (excluding diaryl/α,β-unsaturated/α-hetero) is 1. The summed E-state index contributed by atoms with van der Waals surface area (Å²) in [7, 11) is 0. The fourth-order valence-corrected chi connectivity index (χ4v) is 4.00. The van der Waals surface area contributed by atoms with Crippen molar-refractivity contribution in [2.75, 3.05) is 0 Å². The number of ketones is 1. The molecule has 1 amide bonds. The van der Waals surface area contributed by atoms with E-state index >= 15 is 0 Å². The third kappa shape index (κ3) is 5.59. The molecule has 38 heavy (non-hydrogen) atoms. The number of aromatic nitrogens is 4. The van der Waals surface area contributed by atoms with Crippen LogP contribution >= 0.6 is 0 Å². The third-order valence-corrected chi connectivity index (χ3v) is 6.27. The normalized spacial score (nSPS) is 12.4. The molecule has 10 heteroatoms. The number of hydrogen-bond donors (Lipinski definition) is 1. The zero-order valence-corrected chi connectivity index (χ0v) is 21.5. The van der Waals surface area contributed by atoms with Gasteiger partial charge in [-0.3, -0.25) is 19.0 Å². The Labute approximate surface area is 218 Å². The van der Waals surface area contributed by atoms with Gasteiger partial charge in [-0.2, -0.15) is 0 Å². The van der Waals surface area contributed by atoms with Crippen LogP contribution in [-0.2, 0) is 16.8 Å². The van der Waals surface area contributed by atoms with E-state index in [1.807, 2.05) is 44.2 Å². The van der Waals surface area contributed by atoms with E-state index in [1.165, 1.54) is 36.5 Å². The van der Waals surface area contributed by atoms with E-state index in [2.05, 4.69) is 20.5 Å². The summed E-state index contributed by atoms with van der Waals surface area (Å²) in [4.78, 5) is 43.1. The van der Waals surface area contributed by atoms with E-state index < -0.39 is 41.1 Å². The Balaban J connectivity index is 1.54. The van der Waals surface area contributed by atoms with Gasteiger partial charge in [-0.1, -0.05) is 44.2 Å². The molecule has 0 aliphatic heterocycles. The van der Waals surface area contributed by atoms with Gasteiger partial charge in [-0.15, -0.1) is 10.2 Å². The molecule has 1 atom stereocenters. The summed E-state index contributed by atoms with van der Waals surface area (Å²) in [5.74, 6) is -1.62. The summed E-state index contributed by atoms with van der Waals surface area (Å²) in [6.07, 6.45) is 1.32. The largest absolute Gasteiger partial charge is 0.417 e. The van der Waals surface area contributed by atoms with Crippen LogP contribution < -0.4 is 10.9 Å². The van der Waals surface area contributed by atoms with Gasteiger partial charge >= 0.3 is 0 Å². The van der Waals surface area contributed by atoms with Crippen molar-refractivity contribution in [3.63, 3.8) is 0 Å². The Kier molecular flexibility index (Phi) is 7.61. The quantitative estimate of drug-likeness (QED) is 0.336. The summed E-state index contributed by atoms with van der Waals surface area (Å²) < 4.78 is 20.3. The molecule has 2 aromatic carbocycles. The van der Waals surface area contributed by atoms with E-state index in [0.717, 1.165) is 10.1 Å². The van der Waals surface area contributed by atoms with Crippen molar-refractivity contribution < 1.29 is 18.4 Å². The summed E-state index contributed by atoms with van der Waals surface area (Å²) in [6, 6.07) is 15.2. The first-order valence-corrected chi connectivity index (χ1v) is 12.1. The first-order chi connectivity index (χ1) is 18.1. The molecule has 0 spiro atoms. The molecule has 196 valence electrons. The van der Waals surface area contributed by atoms with E-state index in [0.29, 0.717) is 5.56 Å². The number of amides is 1. The number of carbonyl (C=O) groups is 2. The lowest BCUT2D eigenvalue weighted by atomic mass is 9.85. The molecule has 0 radical (unpaired) electrons. The Hall–Kier alpha value is -4.47. The van der Waals surface area contributed by atoms with Crippen molar-refractivity contribution in [2.24, 2.45) is 5.92 Å². The second kappa shape index (κ2) is 10.9. The van der Waals surface area contributed by atoms with Crippen molar-refractivity contribution in [1.82, 2.24) is 25.1 Å². The number of benzene rings is 2. The molecule has 0 aliphatic carbocycles. The zero-order valence-electron chi connectivity index (χ0n) is 21.5. The SMILES string of the molecule is CC(C)[C@@H](NC(=O)Cn1c(-c2ccc(F)cc2)nccc1=O)C(=O)c1nnc(C(C)(C)c2ccccc2)o1. The molecule has 2 heterocycles. The topological polar surface area (TPSA) is 120 Å². The van der Waals surface area contributed by atoms with Gasteiger partial charge < -0.3 is 9.73 Å². The number of halogens is 1. The van der Waals surface area contributed by atoms with Gasteiger partial charge in [0, 0.05) is 17.8 Å². The minimum atomic E-state index is -0.975. The predicted octanol–water partition coefficient (Wildman–Crippen LogP) is 3.78. The van der Waals surface area contributed by atoms with Gasteiger partial charge in [-0.05, 0) is 49.6 Å². The molecule has 0 aliphatic rings. The highest BCUT2D eigenvalue weighted by Crippen LogP contribution is 2.30. The molecule has 2 aromatic heterocycles. The maximum absolute atomic E-state index is 13.4. The van der Waals surface area contributed by atoms with Gasteiger partial charge in [0.2, 0.25) is 17.6 Å². The van der Waals surface area contributed by atoms with Crippen LogP contribution in [0.4, 0.5) is 4.39 Å². The lowest BCUT2D eigenvalue weighted by molar-refractivity contribution is -0.122. The van der Waals surface area contributed by atoms with Crippen LogP contribution in [0.25, 0.3) is 11.4 Å². The number of rotatable bonds is 9. The maximum atomic E-state index is 13.4. The van der Waals surface area contributed by atoms with E-state index in [9.17, 15) is 18.8 Å². The molecule has 0 bridgehead atoms. The van der Waals surface area contributed by atoms with Gasteiger partial charge in [0.1, 0.15) is 18.2 Å². The van der Waals surface area contributed by atoms with E-state index in [-0.39, 0.29) is 23.5 Å². The van der Waals surface area contributed by atoms with Crippen LogP contribution in [0.1, 0.15) is 49.8 Å². The van der Waals surface area contributed by atoms with Crippen molar-refractivity contribution in [1.29, 1.82) is 0 Å². The highest BCUT2D eigenvalue weighted by atomic mass is 19.1. The second-order valence-electron chi connectivity index (χ2n) is 9.76. The highest BCUT2D eigenvalue weighted by Gasteiger charge is 2.34. The molecule has 4 rings (SSSR count). The molecule has 4 aromatic rings. The van der Waals surface area contributed by atoms with Crippen LogP contribution in [-0.4, -0.2) is 37.5 Å². The predicted molar refractivity (Wildman–Crippen MR) is 138 cm³/mol. The first-order valence-electron chi connectivity index (χ1n) is 12.1. The average molecular weight is 518 g/mol. The number of nitrogens with zero attached hydrogens (tertiary/aromatic N) is 4. The van der Waals surface area contributed by atoms with Gasteiger partial charge in [0.05, 0.1) is 11.5 Å². The van der Waals surface area contributed by atoms with Crippen molar-refractivity contribution >= 4 is 11.7 Å². The van der Waals surface area contributed by atoms with Crippen molar-refractivity contribution in [3.05, 3.63) is 100 Å². The summed E-state index contributed by atoms with van der Waals surface area (Å²) in [5.41, 5.74) is 0.302. The molecular formula is C28H28FN5O4. The first kappa shape index (κ1) is 26.6. The zero-order chi connectivity index (χ0) is 27.4. The van der Waals surface area contributed by atoms with Gasteiger partial charge in [-0.25, -0.2) is 9.37 Å². The highest BCUT2D eigenvalue weighted by molar-refractivity contribution is 5.98. The molecule has 0 unspecified atom stereocenters. The second-order valence-corrected chi connectivity index (χ2v) is 9.76. The Morgan fingerprint density at radius 3 is 2.37 bits per heavy atom. The number of nitrogens with one attached hydrogen (secondary N) is 1. The van der Waals surface area contributed by atoms with Gasteiger partial charge in [0.15, 0.2) is 0 Å². The molecule has 0 saturated heterocycles. The lowest BCUT2D eigenvalue weighted by Gasteiger charge is -2.21. The van der Waals surface area contributed by atoms with Crippen LogP contribution in [0.5, 0.6) is 0 Å². The molecule has 0 saturated carbocycles. The molecule has 0 fully saturated rings. The van der Waals surface area contributed by atoms with Crippen LogP contribution in [0, 0.1) is 11.7 Å². The fourth-order valence-electron chi connectivity index (χ4n) is 4.00. The molecule has 1 N–H and O–H groups in total. The minimum Gasteiger partial charge on any atom is -0.417 e. The lowest BCUT2D eigenvalue weighted by Crippen LogP contribution is -2.46. The number of carbonyl (C=O) groups excluding carboxylic acids is 2. The van der Waals surface area contributed by atoms with Crippen LogP contribution in [0.15, 0.2) is 76.1 Å². The Morgan fingerprint density at radius 2 is 1.71 bits per heavy atom. The van der Waals surface area contributed by atoms with E-state index in [1.54, 1.807) is 13.8 Å². The van der Waals surface area contributed by atoms with Crippen molar-refractivity contribution in [3.8, 4) is 11.4 Å². The molecular weight excluding hydrogens is 489 g/mol. The van der Waals surface area contributed by atoms with Crippen molar-refractivity contribution in [2.45, 2.75) is 45.7 Å². The fraction of sp³-hybridized carbons (Fsp3) is 0.286. The van der Waals surface area contributed by atoms with Gasteiger partial charge in [0.25, 0.3) is 11.4 Å². The standard InChI is InChI=1S/C28H28FN5O4/c1-17(2)23(24(37)26-32-33-27(38-26)28(3,4)19-8-6-5-7-9-19)31-21(35)16-34-22(36)14-15-30-25(34)18-10-12-20(29)13-11-18/h5-15,17,23H,16H2,1-4H3,(H,31,35)/t23-/m1/s1. The smallest absolute Gasteiger partial charge is 0.286 e. The summed E-state index contributed by atoms with van der Waals surface area (Å²) in [5, 5.41) is 10.8. The average Bonchev–Trinajstić information content (AvgIpc) is 3.40. The van der Waals surface area contributed by atoms with E-state index in [4.69, 9.17) is 4.42 Å². The monoisotopic (exact) mass is 517 g/mol. The molecule has 9 nitrogen and oxygen atoms in total. The summed E-state index contributed by atoms with van der Waals surface area (Å²) in [6.45, 7) is 6.97. The Bertz CT molecular complexity index is 1490. The Morgan fingerprint density at radius 1 is 1.03 bits per heavy atom. The summed E-state index contributed by atoms with van der Waals surface area (Å²) >= 11 is 0. The third-order valence-electron chi connectivity index (χ3n) is 6.27. The maximum Gasteiger partial charge on any atom is 0.286 e. The minimum absolute atomic E-state index is 0.199. The number of hydrogen-bond acceptors (Lipinski definition) is 7. The van der Waals surface area contributed by atoms with Crippen LogP contribution in [0.2, 0.25) is 0 Å². The van der Waals surface area contributed by atoms with Crippen LogP contribution in [0.3, 0.4) is 0 Å².